The van der Waals surface area contributed by atoms with Crippen molar-refractivity contribution in [2.75, 3.05) is 18.0 Å². The molecule has 0 radical (unpaired) electrons. The predicted octanol–water partition coefficient (Wildman–Crippen LogP) is 1.54. The first-order valence-electron chi connectivity index (χ1n) is 7.78. The maximum atomic E-state index is 14.9. The number of sulfonamides is 1. The van der Waals surface area contributed by atoms with E-state index in [1.165, 1.54) is 24.6 Å². The second kappa shape index (κ2) is 6.04. The van der Waals surface area contributed by atoms with Crippen molar-refractivity contribution in [3.8, 4) is 0 Å². The minimum atomic E-state index is -3.80. The fraction of sp³-hybridized carbons (Fsp3) is 0.467. The van der Waals surface area contributed by atoms with E-state index in [2.05, 4.69) is 5.10 Å². The maximum absolute atomic E-state index is 14.9. The van der Waals surface area contributed by atoms with Crippen LogP contribution in [0.25, 0.3) is 5.52 Å². The molecule has 0 aromatic carbocycles. The van der Waals surface area contributed by atoms with Gasteiger partial charge in [-0.25, -0.2) is 22.0 Å². The van der Waals surface area contributed by atoms with Gasteiger partial charge in [-0.3, -0.25) is 4.79 Å². The van der Waals surface area contributed by atoms with Gasteiger partial charge in [0.05, 0.1) is 22.7 Å². The van der Waals surface area contributed by atoms with Gasteiger partial charge in [0.25, 0.3) is 5.91 Å². The highest BCUT2D eigenvalue weighted by molar-refractivity contribution is 7.90. The number of pyridine rings is 1. The van der Waals surface area contributed by atoms with Crippen LogP contribution in [0.4, 0.5) is 10.1 Å². The molecule has 3 heterocycles. The number of halogens is 1. The van der Waals surface area contributed by atoms with Crippen LogP contribution in [0, 0.1) is 5.82 Å². The van der Waals surface area contributed by atoms with Crippen LogP contribution in [-0.2, 0) is 10.0 Å². The number of fused-ring (bicyclic) bond motifs is 1. The molecule has 0 aliphatic carbocycles. The van der Waals surface area contributed by atoms with E-state index in [4.69, 9.17) is 0 Å². The first kappa shape index (κ1) is 16.7. The Balaban J connectivity index is 2.03. The van der Waals surface area contributed by atoms with Crippen LogP contribution in [0.1, 0.15) is 37.0 Å². The Morgan fingerprint density at radius 2 is 2.00 bits per heavy atom. The summed E-state index contributed by atoms with van der Waals surface area (Å²) in [5, 5.41) is 3.18. The maximum Gasteiger partial charge on any atom is 0.268 e. The van der Waals surface area contributed by atoms with Crippen molar-refractivity contribution in [3.05, 3.63) is 29.8 Å². The monoisotopic (exact) mass is 354 g/mol. The molecule has 0 unspecified atom stereocenters. The molecular formula is C15H19FN4O3S. The molecule has 1 aliphatic heterocycles. The summed E-state index contributed by atoms with van der Waals surface area (Å²) >= 11 is 0. The zero-order chi connectivity index (χ0) is 17.5. The molecule has 130 valence electrons. The number of nitrogens with one attached hydrogen (secondary N) is 1. The molecular weight excluding hydrogens is 335 g/mol. The zero-order valence-corrected chi connectivity index (χ0v) is 14.3. The summed E-state index contributed by atoms with van der Waals surface area (Å²) in [7, 11) is -3.80. The number of anilines is 1. The first-order valence-corrected chi connectivity index (χ1v) is 9.32. The molecule has 9 heteroatoms. The van der Waals surface area contributed by atoms with E-state index in [0.29, 0.717) is 5.69 Å². The van der Waals surface area contributed by atoms with Gasteiger partial charge in [0.2, 0.25) is 10.0 Å². The Kier molecular flexibility index (Phi) is 4.20. The lowest BCUT2D eigenvalue weighted by Gasteiger charge is -2.18. The second-order valence-electron chi connectivity index (χ2n) is 6.09. The first-order chi connectivity index (χ1) is 11.3. The number of carbonyl (C=O) groups excluding carboxylic acids is 1. The summed E-state index contributed by atoms with van der Waals surface area (Å²) in [6.45, 7) is 4.42. The van der Waals surface area contributed by atoms with Gasteiger partial charge < -0.3 is 4.90 Å². The van der Waals surface area contributed by atoms with Gasteiger partial charge in [-0.15, -0.1) is 0 Å². The lowest BCUT2D eigenvalue weighted by Crippen LogP contribution is -2.35. The Labute approximate surface area is 139 Å². The number of hydrogen-bond donors (Lipinski definition) is 1. The van der Waals surface area contributed by atoms with Crippen molar-refractivity contribution in [2.45, 2.75) is 31.9 Å². The van der Waals surface area contributed by atoms with E-state index in [1.807, 2.05) is 9.62 Å². The van der Waals surface area contributed by atoms with E-state index >= 15 is 0 Å². The van der Waals surface area contributed by atoms with Gasteiger partial charge in [-0.2, -0.15) is 5.10 Å². The van der Waals surface area contributed by atoms with Crippen molar-refractivity contribution < 1.29 is 17.6 Å². The average Bonchev–Trinajstić information content (AvgIpc) is 3.16. The summed E-state index contributed by atoms with van der Waals surface area (Å²) in [4.78, 5) is 14.2. The molecule has 0 spiro atoms. The third-order valence-electron chi connectivity index (χ3n) is 4.15. The van der Waals surface area contributed by atoms with Crippen molar-refractivity contribution in [1.82, 2.24) is 14.3 Å². The third-order valence-corrected chi connectivity index (χ3v) is 5.86. The molecule has 3 rings (SSSR count). The van der Waals surface area contributed by atoms with Gasteiger partial charge in [-0.1, -0.05) is 0 Å². The van der Waals surface area contributed by atoms with Crippen molar-refractivity contribution >= 4 is 27.1 Å². The smallest absolute Gasteiger partial charge is 0.268 e. The average molecular weight is 354 g/mol. The topological polar surface area (TPSA) is 83.8 Å². The minimum absolute atomic E-state index is 0.0177. The highest BCUT2D eigenvalue weighted by Crippen LogP contribution is 2.28. The molecule has 1 fully saturated rings. The Bertz CT molecular complexity index is 886. The van der Waals surface area contributed by atoms with Crippen molar-refractivity contribution in [2.24, 2.45) is 0 Å². The van der Waals surface area contributed by atoms with Gasteiger partial charge in [0, 0.05) is 19.3 Å². The normalized spacial score (nSPS) is 15.4. The number of amides is 1. The van der Waals surface area contributed by atoms with Gasteiger partial charge in [0.15, 0.2) is 5.82 Å². The van der Waals surface area contributed by atoms with E-state index in [9.17, 15) is 17.6 Å². The standard InChI is InChI=1S/C15H19FN4O3S/c1-10(2)24(22,23)18-15(21)11-9-17-20-8-5-12(13(16)14(11)20)19-6-3-4-7-19/h5,8-10H,3-4,6-7H2,1-2H3,(H,18,21). The molecule has 1 saturated heterocycles. The van der Waals surface area contributed by atoms with Gasteiger partial charge in [-0.05, 0) is 32.8 Å². The largest absolute Gasteiger partial charge is 0.369 e. The predicted molar refractivity (Wildman–Crippen MR) is 88.1 cm³/mol. The number of hydrogen-bond acceptors (Lipinski definition) is 5. The van der Waals surface area contributed by atoms with E-state index < -0.39 is 27.0 Å². The fourth-order valence-electron chi connectivity index (χ4n) is 2.70. The van der Waals surface area contributed by atoms with Crippen LogP contribution in [-0.4, -0.2) is 42.3 Å². The molecule has 0 bridgehead atoms. The zero-order valence-electron chi connectivity index (χ0n) is 13.5. The van der Waals surface area contributed by atoms with Crippen LogP contribution in [0.5, 0.6) is 0 Å². The molecule has 2 aromatic rings. The SMILES string of the molecule is CC(C)S(=O)(=O)NC(=O)c1cnn2ccc(N3CCCC3)c(F)c12. The highest BCUT2D eigenvalue weighted by Gasteiger charge is 2.26. The lowest BCUT2D eigenvalue weighted by atomic mass is 10.2. The van der Waals surface area contributed by atoms with E-state index in [-0.39, 0.29) is 11.1 Å². The summed E-state index contributed by atoms with van der Waals surface area (Å²) < 4.78 is 41.9. The number of carbonyl (C=O) groups is 1. The highest BCUT2D eigenvalue weighted by atomic mass is 32.2. The van der Waals surface area contributed by atoms with E-state index in [1.54, 1.807) is 12.3 Å². The molecule has 7 nitrogen and oxygen atoms in total. The molecule has 0 saturated carbocycles. The van der Waals surface area contributed by atoms with Crippen LogP contribution in [0.2, 0.25) is 0 Å². The minimum Gasteiger partial charge on any atom is -0.369 e. The summed E-state index contributed by atoms with van der Waals surface area (Å²) in [6.07, 6.45) is 4.73. The van der Waals surface area contributed by atoms with Crippen LogP contribution < -0.4 is 9.62 Å². The fourth-order valence-corrected chi connectivity index (χ4v) is 3.30. The van der Waals surface area contributed by atoms with Crippen LogP contribution >= 0.6 is 0 Å². The molecule has 24 heavy (non-hydrogen) atoms. The van der Waals surface area contributed by atoms with Crippen LogP contribution in [0.15, 0.2) is 18.5 Å². The Hall–Kier alpha value is -2.16. The quantitative estimate of drug-likeness (QED) is 0.900. The Morgan fingerprint density at radius 1 is 1.33 bits per heavy atom. The molecule has 2 aromatic heterocycles. The summed E-state index contributed by atoms with van der Waals surface area (Å²) in [5.74, 6) is -1.44. The van der Waals surface area contributed by atoms with Crippen molar-refractivity contribution in [1.29, 1.82) is 0 Å². The van der Waals surface area contributed by atoms with Crippen LogP contribution in [0.3, 0.4) is 0 Å². The molecule has 1 amide bonds. The summed E-state index contributed by atoms with van der Waals surface area (Å²) in [5.41, 5.74) is 0.287. The summed E-state index contributed by atoms with van der Waals surface area (Å²) in [6, 6.07) is 1.62. The molecule has 1 aliphatic rings. The molecule has 0 atom stereocenters. The number of rotatable bonds is 4. The number of nitrogens with zero attached hydrogens (tertiary/aromatic N) is 3. The third kappa shape index (κ3) is 2.83. The van der Waals surface area contributed by atoms with E-state index in [0.717, 1.165) is 25.9 Å². The number of aromatic nitrogens is 2. The van der Waals surface area contributed by atoms with Gasteiger partial charge in [0.1, 0.15) is 5.52 Å². The molecule has 1 N–H and O–H groups in total. The Morgan fingerprint density at radius 3 is 2.62 bits per heavy atom. The lowest BCUT2D eigenvalue weighted by molar-refractivity contribution is 0.0982. The van der Waals surface area contributed by atoms with Gasteiger partial charge >= 0.3 is 0 Å². The van der Waals surface area contributed by atoms with Crippen molar-refractivity contribution in [3.63, 3.8) is 0 Å². The second-order valence-corrected chi connectivity index (χ2v) is 8.32.